The molecule has 1 unspecified atom stereocenters. The zero-order valence-electron chi connectivity index (χ0n) is 20.3. The van der Waals surface area contributed by atoms with Crippen molar-refractivity contribution in [1.29, 1.82) is 0 Å². The molecule has 2 atom stereocenters. The molecule has 0 saturated heterocycles. The standard InChI is InChI=1S/C15H5F10O3S2.C7H3F4.O.Tc/c1-3(2-29(26)14-10(22)6(18)4(16)7(19)11(14)23)30(27,28)15-12(24)8(20)5(17)9(21)13(15)25;1-3-2-4(8)6(10)7(11)5(3)9;;/h2-3H,1H3;1H3;;/q2*-1;;+2/t3-,29?;;;/m1.../s1. The van der Waals surface area contributed by atoms with E-state index in [2.05, 4.69) is 0 Å². The van der Waals surface area contributed by atoms with Gasteiger partial charge in [-0.3, -0.25) is 13.0 Å². The molecule has 237 valence electrons. The Morgan fingerprint density at radius 3 is 1.33 bits per heavy atom. The molecule has 0 radical (unpaired) electrons. The van der Waals surface area contributed by atoms with Gasteiger partial charge in [0, 0.05) is 11.6 Å². The third-order valence-corrected chi connectivity index (χ3v) is 8.47. The zero-order valence-corrected chi connectivity index (χ0v) is 23.8. The Morgan fingerprint density at radius 1 is 0.605 bits per heavy atom. The molecule has 0 spiro atoms. The van der Waals surface area contributed by atoms with Gasteiger partial charge in [0.2, 0.25) is 11.6 Å². The number of benzene rings is 3. The van der Waals surface area contributed by atoms with Gasteiger partial charge in [-0.1, -0.05) is 24.6 Å². The molecule has 0 aliphatic rings. The van der Waals surface area contributed by atoms with Crippen LogP contribution in [0.2, 0.25) is 0 Å². The van der Waals surface area contributed by atoms with E-state index in [1.165, 1.54) is 0 Å². The quantitative estimate of drug-likeness (QED) is 0.0988. The monoisotopic (exact) mass is 763 g/mol. The van der Waals surface area contributed by atoms with Crippen molar-refractivity contribution < 1.29 is 96.5 Å². The van der Waals surface area contributed by atoms with E-state index in [-0.39, 0.29) is 11.3 Å². The topological polar surface area (TPSA) is 68.3 Å². The predicted molar refractivity (Wildman–Crippen MR) is 110 cm³/mol. The molecule has 3 rings (SSSR count). The van der Waals surface area contributed by atoms with Crippen molar-refractivity contribution in [1.82, 2.24) is 0 Å². The molecule has 21 heteroatoms. The van der Waals surface area contributed by atoms with E-state index in [4.69, 9.17) is 3.50 Å². The van der Waals surface area contributed by atoms with Gasteiger partial charge in [-0.2, -0.15) is 0 Å². The fraction of sp³-hybridized carbons (Fsp3) is 0.136. The van der Waals surface area contributed by atoms with Crippen LogP contribution < -0.4 is 0 Å². The molecule has 0 aliphatic heterocycles. The van der Waals surface area contributed by atoms with Gasteiger partial charge in [-0.15, -0.1) is 11.6 Å². The van der Waals surface area contributed by atoms with Crippen molar-refractivity contribution in [2.24, 2.45) is 0 Å². The third-order valence-electron chi connectivity index (χ3n) is 4.83. The second-order valence-corrected chi connectivity index (χ2v) is 11.0. The van der Waals surface area contributed by atoms with Gasteiger partial charge >= 0.3 is 22.4 Å². The van der Waals surface area contributed by atoms with Gasteiger partial charge in [0.05, 0.1) is 16.5 Å². The minimum atomic E-state index is -5.57. The first-order valence-corrected chi connectivity index (χ1v) is 13.6. The SMILES string of the molecule is C[C@H]([CH-]S(=O)c1c(F)c(F)c(F)c(F)c1F)S(=O)(=O)c1c(F)c(F)c(F)c(F)c1F.Cc1[c-]c(F)c(F)c(F)c1F.[O]=[Tc+2]. The van der Waals surface area contributed by atoms with Crippen molar-refractivity contribution in [3.05, 3.63) is 98.8 Å². The van der Waals surface area contributed by atoms with Crippen molar-refractivity contribution in [3.8, 4) is 0 Å². The maximum absolute atomic E-state index is 13.7. The molecule has 3 aromatic carbocycles. The second-order valence-electron chi connectivity index (χ2n) is 7.49. The summed E-state index contributed by atoms with van der Waals surface area (Å²) in [6.07, 6.45) is 0. The summed E-state index contributed by atoms with van der Waals surface area (Å²) in [6, 6.07) is 1.69. The number of rotatable bonds is 5. The molecule has 0 N–H and O–H groups in total. The van der Waals surface area contributed by atoms with E-state index >= 15 is 0 Å². The average Bonchev–Trinajstić information content (AvgIpc) is 2.96. The summed E-state index contributed by atoms with van der Waals surface area (Å²) >= 11 is 0.900. The summed E-state index contributed by atoms with van der Waals surface area (Å²) in [5.74, 6) is -32.9. The average molecular weight is 764 g/mol. The van der Waals surface area contributed by atoms with Crippen LogP contribution in [-0.4, -0.2) is 17.9 Å². The molecule has 0 amide bonds. The second kappa shape index (κ2) is 14.8. The van der Waals surface area contributed by atoms with E-state index < -0.39 is 117 Å². The first-order chi connectivity index (χ1) is 19.7. The summed E-state index contributed by atoms with van der Waals surface area (Å²) in [5.41, 5.74) is -0.374. The van der Waals surface area contributed by atoms with Crippen LogP contribution in [0.15, 0.2) is 9.79 Å². The number of sulfone groups is 1. The zero-order chi connectivity index (χ0) is 33.9. The van der Waals surface area contributed by atoms with E-state index in [0.717, 1.165) is 25.8 Å². The van der Waals surface area contributed by atoms with Crippen LogP contribution in [0.4, 0.5) is 61.5 Å². The molecule has 0 aliphatic carbocycles. The van der Waals surface area contributed by atoms with Crippen LogP contribution in [0.3, 0.4) is 0 Å². The first kappa shape index (κ1) is 38.3. The van der Waals surface area contributed by atoms with Crippen LogP contribution in [-0.2, 0) is 43.0 Å². The van der Waals surface area contributed by atoms with E-state index in [1.54, 1.807) is 6.07 Å². The van der Waals surface area contributed by atoms with Gasteiger partial charge in [-0.05, 0) is 5.25 Å². The molecule has 43 heavy (non-hydrogen) atoms. The van der Waals surface area contributed by atoms with Gasteiger partial charge < -0.3 is 0 Å². The number of hydrogen-bond donors (Lipinski definition) is 0. The Balaban J connectivity index is 0.000000592. The molecule has 0 saturated carbocycles. The molecule has 0 bridgehead atoms. The number of aryl methyl sites for hydroxylation is 1. The van der Waals surface area contributed by atoms with Crippen LogP contribution in [0.1, 0.15) is 12.5 Å². The molecule has 0 aromatic heterocycles. The number of hydrogen-bond acceptors (Lipinski definition) is 4. The summed E-state index contributed by atoms with van der Waals surface area (Å²) in [4.78, 5) is -4.32. The molecular formula is C22H8F14O4S2Tc. The summed E-state index contributed by atoms with van der Waals surface area (Å²) in [7, 11) is -8.99. The Bertz CT molecular complexity index is 1620. The summed E-state index contributed by atoms with van der Waals surface area (Å²) in [5, 5.41) is -2.47. The number of halogens is 14. The Kier molecular flexibility index (Phi) is 13.2. The van der Waals surface area contributed by atoms with Crippen LogP contribution in [0.25, 0.3) is 0 Å². The maximum atomic E-state index is 13.7. The Labute approximate surface area is 244 Å². The van der Waals surface area contributed by atoms with E-state index in [0.29, 0.717) is 6.92 Å². The van der Waals surface area contributed by atoms with Gasteiger partial charge in [-0.25, -0.2) is 66.9 Å². The third kappa shape index (κ3) is 7.49. The predicted octanol–water partition coefficient (Wildman–Crippen LogP) is 6.44. The Hall–Kier alpha value is -2.77. The normalized spacial score (nSPS) is 12.5. The van der Waals surface area contributed by atoms with Gasteiger partial charge in [0.25, 0.3) is 0 Å². The van der Waals surface area contributed by atoms with Crippen molar-refractivity contribution in [3.63, 3.8) is 0 Å². The molecule has 0 fully saturated rings. The van der Waals surface area contributed by atoms with E-state index in [1.807, 2.05) is 0 Å². The van der Waals surface area contributed by atoms with Gasteiger partial charge in [0.15, 0.2) is 56.4 Å². The molecular weight excluding hydrogens is 756 g/mol. The van der Waals surface area contributed by atoms with Crippen LogP contribution in [0, 0.1) is 100 Å². The fourth-order valence-corrected chi connectivity index (χ4v) is 5.68. The first-order valence-electron chi connectivity index (χ1n) is 10.1. The van der Waals surface area contributed by atoms with Crippen molar-refractivity contribution in [2.75, 3.05) is 0 Å². The van der Waals surface area contributed by atoms with Crippen LogP contribution in [0.5, 0.6) is 0 Å². The molecule has 0 heterocycles. The minimum absolute atomic E-state index is 0.119. The van der Waals surface area contributed by atoms with E-state index in [9.17, 15) is 74.1 Å². The van der Waals surface area contributed by atoms with Crippen molar-refractivity contribution in [2.45, 2.75) is 28.9 Å². The van der Waals surface area contributed by atoms with Crippen LogP contribution >= 0.6 is 0 Å². The summed E-state index contributed by atoms with van der Waals surface area (Å²) in [6.45, 7) is 1.55. The summed E-state index contributed by atoms with van der Waals surface area (Å²) < 4.78 is 227. The Morgan fingerprint density at radius 2 is 0.930 bits per heavy atom. The fourth-order valence-electron chi connectivity index (χ4n) is 2.73. The molecule has 4 nitrogen and oxygen atoms in total. The van der Waals surface area contributed by atoms with Crippen molar-refractivity contribution >= 4 is 20.6 Å². The molecule has 3 aromatic rings. The van der Waals surface area contributed by atoms with Gasteiger partial charge in [0.1, 0.15) is 4.90 Å².